The zero-order valence-corrected chi connectivity index (χ0v) is 12.8. The molecule has 0 radical (unpaired) electrons. The summed E-state index contributed by atoms with van der Waals surface area (Å²) < 4.78 is 5.81. The van der Waals surface area contributed by atoms with E-state index in [4.69, 9.17) is 4.42 Å². The van der Waals surface area contributed by atoms with E-state index in [0.29, 0.717) is 42.2 Å². The molecule has 3 rings (SSSR count). The number of aromatic amines is 1. The van der Waals surface area contributed by atoms with E-state index in [9.17, 15) is 9.59 Å². The van der Waals surface area contributed by atoms with Crippen LogP contribution in [0.25, 0.3) is 0 Å². The number of furan rings is 1. The lowest BCUT2D eigenvalue weighted by molar-refractivity contribution is 0.0517. The van der Waals surface area contributed by atoms with E-state index in [0.717, 1.165) is 0 Å². The van der Waals surface area contributed by atoms with Crippen molar-refractivity contribution in [1.29, 1.82) is 0 Å². The van der Waals surface area contributed by atoms with Gasteiger partial charge >= 0.3 is 0 Å². The molecule has 3 heterocycles. The highest BCUT2D eigenvalue weighted by Crippen LogP contribution is 2.17. The maximum Gasteiger partial charge on any atom is 0.289 e. The van der Waals surface area contributed by atoms with Gasteiger partial charge in [-0.3, -0.25) is 9.59 Å². The summed E-state index contributed by atoms with van der Waals surface area (Å²) >= 11 is 3.18. The predicted molar refractivity (Wildman–Crippen MR) is 79.0 cm³/mol. The number of hydrogen-bond donors (Lipinski definition) is 1. The molecule has 0 saturated carbocycles. The van der Waals surface area contributed by atoms with Crippen molar-refractivity contribution >= 4 is 27.7 Å². The van der Waals surface area contributed by atoms with Crippen molar-refractivity contribution in [3.8, 4) is 0 Å². The molecule has 7 heteroatoms. The van der Waals surface area contributed by atoms with Gasteiger partial charge in [-0.05, 0) is 34.1 Å². The summed E-state index contributed by atoms with van der Waals surface area (Å²) in [6.45, 7) is 2.07. The van der Waals surface area contributed by atoms with Crippen LogP contribution >= 0.6 is 15.9 Å². The van der Waals surface area contributed by atoms with Crippen molar-refractivity contribution in [1.82, 2.24) is 14.8 Å². The number of halogens is 1. The molecular formula is C14H14BrN3O3. The molecule has 1 fully saturated rings. The van der Waals surface area contributed by atoms with Crippen molar-refractivity contribution in [3.05, 3.63) is 46.6 Å². The smallest absolute Gasteiger partial charge is 0.289 e. The van der Waals surface area contributed by atoms with Crippen molar-refractivity contribution in [2.45, 2.75) is 0 Å². The van der Waals surface area contributed by atoms with E-state index >= 15 is 0 Å². The number of carbonyl (C=O) groups is 2. The molecule has 2 aromatic heterocycles. The Morgan fingerprint density at radius 2 is 1.71 bits per heavy atom. The second-order valence-corrected chi connectivity index (χ2v) is 5.57. The predicted octanol–water partition coefficient (Wildman–Crippen LogP) is 1.97. The fourth-order valence-corrected chi connectivity index (χ4v) is 2.64. The van der Waals surface area contributed by atoms with E-state index in [-0.39, 0.29) is 11.8 Å². The monoisotopic (exact) mass is 351 g/mol. The van der Waals surface area contributed by atoms with Crippen LogP contribution in [0.1, 0.15) is 20.9 Å². The summed E-state index contributed by atoms with van der Waals surface area (Å²) in [4.78, 5) is 30.7. The van der Waals surface area contributed by atoms with Crippen molar-refractivity contribution in [3.63, 3.8) is 0 Å². The van der Waals surface area contributed by atoms with Gasteiger partial charge in [-0.25, -0.2) is 0 Å². The van der Waals surface area contributed by atoms with Gasteiger partial charge in [0.1, 0.15) is 0 Å². The van der Waals surface area contributed by atoms with E-state index in [2.05, 4.69) is 20.9 Å². The lowest BCUT2D eigenvalue weighted by atomic mass is 10.2. The van der Waals surface area contributed by atoms with Gasteiger partial charge in [-0.1, -0.05) is 0 Å². The van der Waals surface area contributed by atoms with Gasteiger partial charge in [0.2, 0.25) is 0 Å². The number of carbonyl (C=O) groups excluding carboxylic acids is 2. The Balaban J connectivity index is 1.60. The molecule has 6 nitrogen and oxygen atoms in total. The van der Waals surface area contributed by atoms with Gasteiger partial charge in [-0.2, -0.15) is 0 Å². The maximum atomic E-state index is 12.2. The molecule has 0 aromatic carbocycles. The number of nitrogens with one attached hydrogen (secondary N) is 1. The third kappa shape index (κ3) is 2.87. The Morgan fingerprint density at radius 3 is 2.24 bits per heavy atom. The Morgan fingerprint density at radius 1 is 1.05 bits per heavy atom. The van der Waals surface area contributed by atoms with E-state index in [1.54, 1.807) is 40.4 Å². The number of nitrogens with zero attached hydrogens (tertiary/aromatic N) is 2. The Kier molecular flexibility index (Phi) is 3.83. The van der Waals surface area contributed by atoms with Crippen LogP contribution in [-0.2, 0) is 0 Å². The van der Waals surface area contributed by atoms with Gasteiger partial charge < -0.3 is 19.2 Å². The minimum Gasteiger partial charge on any atom is -0.444 e. The molecule has 1 aliphatic heterocycles. The lowest BCUT2D eigenvalue weighted by Crippen LogP contribution is -2.50. The highest BCUT2D eigenvalue weighted by atomic mass is 79.9. The average Bonchev–Trinajstić information content (AvgIpc) is 3.17. The van der Waals surface area contributed by atoms with Crippen molar-refractivity contribution in [2.24, 2.45) is 0 Å². The molecule has 0 unspecified atom stereocenters. The van der Waals surface area contributed by atoms with Crippen LogP contribution in [0.5, 0.6) is 0 Å². The molecule has 21 heavy (non-hydrogen) atoms. The SMILES string of the molecule is O=C(c1cc[nH]c1)N1CCN(C(=O)c2ccc(Br)o2)CC1. The first-order valence-corrected chi connectivity index (χ1v) is 7.41. The molecule has 1 aliphatic rings. The number of rotatable bonds is 2. The Bertz CT molecular complexity index is 642. The lowest BCUT2D eigenvalue weighted by Gasteiger charge is -2.34. The molecule has 0 spiro atoms. The summed E-state index contributed by atoms with van der Waals surface area (Å²) in [6.07, 6.45) is 3.40. The Labute approximate surface area is 129 Å². The molecule has 0 bridgehead atoms. The van der Waals surface area contributed by atoms with Crippen LogP contribution in [0.3, 0.4) is 0 Å². The normalized spacial score (nSPS) is 15.3. The first kappa shape index (κ1) is 13.9. The van der Waals surface area contributed by atoms with Crippen molar-refractivity contribution < 1.29 is 14.0 Å². The molecule has 0 atom stereocenters. The topological polar surface area (TPSA) is 69.6 Å². The Hall–Kier alpha value is -2.02. The van der Waals surface area contributed by atoms with E-state index in [1.165, 1.54) is 0 Å². The van der Waals surface area contributed by atoms with Gasteiger partial charge in [0.15, 0.2) is 10.4 Å². The summed E-state index contributed by atoms with van der Waals surface area (Å²) in [5.74, 6) is 0.158. The van der Waals surface area contributed by atoms with E-state index in [1.807, 2.05) is 0 Å². The summed E-state index contributed by atoms with van der Waals surface area (Å²) in [5, 5.41) is 0. The highest BCUT2D eigenvalue weighted by molar-refractivity contribution is 9.10. The quantitative estimate of drug-likeness (QED) is 0.899. The molecule has 2 amide bonds. The number of hydrogen-bond acceptors (Lipinski definition) is 3. The van der Waals surface area contributed by atoms with Crippen molar-refractivity contribution in [2.75, 3.05) is 26.2 Å². The second-order valence-electron chi connectivity index (χ2n) is 4.79. The van der Waals surface area contributed by atoms with Crippen LogP contribution in [0.4, 0.5) is 0 Å². The number of piperazine rings is 1. The minimum absolute atomic E-state index is 0.0101. The summed E-state index contributed by atoms with van der Waals surface area (Å²) in [7, 11) is 0. The molecule has 2 aromatic rings. The number of H-pyrrole nitrogens is 1. The van der Waals surface area contributed by atoms with Gasteiger partial charge in [-0.15, -0.1) is 0 Å². The zero-order valence-electron chi connectivity index (χ0n) is 11.2. The van der Waals surface area contributed by atoms with Crippen LogP contribution in [-0.4, -0.2) is 52.8 Å². The van der Waals surface area contributed by atoms with Gasteiger partial charge in [0.25, 0.3) is 11.8 Å². The highest BCUT2D eigenvalue weighted by Gasteiger charge is 2.26. The van der Waals surface area contributed by atoms with Gasteiger partial charge in [0, 0.05) is 38.6 Å². The fraction of sp³-hybridized carbons (Fsp3) is 0.286. The summed E-state index contributed by atoms with van der Waals surface area (Å²) in [6, 6.07) is 5.09. The van der Waals surface area contributed by atoms with Crippen LogP contribution in [0.15, 0.2) is 39.7 Å². The number of aromatic nitrogens is 1. The third-order valence-corrected chi connectivity index (χ3v) is 3.91. The minimum atomic E-state index is -0.144. The molecule has 1 saturated heterocycles. The molecule has 0 aliphatic carbocycles. The fourth-order valence-electron chi connectivity index (χ4n) is 2.34. The van der Waals surface area contributed by atoms with Crippen LogP contribution in [0.2, 0.25) is 0 Å². The number of amides is 2. The van der Waals surface area contributed by atoms with Crippen LogP contribution < -0.4 is 0 Å². The molecular weight excluding hydrogens is 338 g/mol. The van der Waals surface area contributed by atoms with E-state index < -0.39 is 0 Å². The first-order chi connectivity index (χ1) is 10.1. The molecule has 1 N–H and O–H groups in total. The average molecular weight is 352 g/mol. The first-order valence-electron chi connectivity index (χ1n) is 6.62. The third-order valence-electron chi connectivity index (χ3n) is 3.48. The second kappa shape index (κ2) is 5.77. The standard InChI is InChI=1S/C14H14BrN3O3/c15-12-2-1-11(21-12)14(20)18-7-5-17(6-8-18)13(19)10-3-4-16-9-10/h1-4,9,16H,5-8H2. The largest absolute Gasteiger partial charge is 0.444 e. The van der Waals surface area contributed by atoms with Crippen LogP contribution in [0, 0.1) is 0 Å². The van der Waals surface area contributed by atoms with Gasteiger partial charge in [0.05, 0.1) is 5.56 Å². The summed E-state index contributed by atoms with van der Waals surface area (Å²) in [5.41, 5.74) is 0.643. The molecule has 110 valence electrons. The maximum absolute atomic E-state index is 12.2. The zero-order chi connectivity index (χ0) is 14.8.